The van der Waals surface area contributed by atoms with Crippen molar-refractivity contribution in [1.29, 1.82) is 0 Å². The van der Waals surface area contributed by atoms with Crippen LogP contribution in [0.3, 0.4) is 0 Å². The summed E-state index contributed by atoms with van der Waals surface area (Å²) in [4.78, 5) is 26.5. The highest BCUT2D eigenvalue weighted by Gasteiger charge is 2.36. The zero-order valence-corrected chi connectivity index (χ0v) is 17.5. The second-order valence-corrected chi connectivity index (χ2v) is 8.10. The number of carbonyl (C=O) groups excluding carboxylic acids is 2. The molecule has 1 saturated heterocycles. The third kappa shape index (κ3) is 3.86. The smallest absolute Gasteiger partial charge is 0.229 e. The van der Waals surface area contributed by atoms with Gasteiger partial charge in [-0.2, -0.15) is 0 Å². The van der Waals surface area contributed by atoms with E-state index in [2.05, 4.69) is 21.2 Å². The maximum Gasteiger partial charge on any atom is 0.229 e. The van der Waals surface area contributed by atoms with Gasteiger partial charge in [0.25, 0.3) is 0 Å². The van der Waals surface area contributed by atoms with Crippen molar-refractivity contribution in [3.8, 4) is 0 Å². The van der Waals surface area contributed by atoms with E-state index >= 15 is 0 Å². The molecule has 26 heavy (non-hydrogen) atoms. The minimum Gasteiger partial charge on any atom is -0.325 e. The van der Waals surface area contributed by atoms with Crippen LogP contribution in [0, 0.1) is 12.8 Å². The van der Waals surface area contributed by atoms with E-state index < -0.39 is 5.92 Å². The number of carbonyl (C=O) groups is 2. The standard InChI is InChI=1S/C18H14BrCl3N2O2/c1-9-5-11(19)13(21)7-14(9)23-18(26)10-6-16(25)24(8-10)15-4-2-3-12(20)17(15)22/h2-5,7,10H,6,8H2,1H3,(H,23,26)/t10-/m0/s1. The fourth-order valence-corrected chi connectivity index (χ4v) is 3.85. The van der Waals surface area contributed by atoms with E-state index in [0.717, 1.165) is 10.0 Å². The molecule has 2 aromatic carbocycles. The van der Waals surface area contributed by atoms with Gasteiger partial charge in [0, 0.05) is 23.1 Å². The van der Waals surface area contributed by atoms with Crippen LogP contribution < -0.4 is 10.2 Å². The minimum absolute atomic E-state index is 0.109. The zero-order valence-electron chi connectivity index (χ0n) is 13.7. The van der Waals surface area contributed by atoms with Crippen LogP contribution in [0.4, 0.5) is 11.4 Å². The van der Waals surface area contributed by atoms with Gasteiger partial charge in [0.05, 0.1) is 26.7 Å². The van der Waals surface area contributed by atoms with Gasteiger partial charge in [-0.1, -0.05) is 40.9 Å². The van der Waals surface area contributed by atoms with Crippen LogP contribution in [0.15, 0.2) is 34.8 Å². The summed E-state index contributed by atoms with van der Waals surface area (Å²) in [7, 11) is 0. The lowest BCUT2D eigenvalue weighted by Crippen LogP contribution is -2.28. The van der Waals surface area contributed by atoms with Crippen LogP contribution >= 0.6 is 50.7 Å². The molecule has 1 N–H and O–H groups in total. The summed E-state index contributed by atoms with van der Waals surface area (Å²) >= 11 is 21.7. The number of benzene rings is 2. The van der Waals surface area contributed by atoms with Gasteiger partial charge >= 0.3 is 0 Å². The van der Waals surface area contributed by atoms with E-state index in [9.17, 15) is 9.59 Å². The fraction of sp³-hybridized carbons (Fsp3) is 0.222. The fourth-order valence-electron chi connectivity index (χ4n) is 2.83. The van der Waals surface area contributed by atoms with Crippen molar-refractivity contribution in [2.24, 2.45) is 5.92 Å². The van der Waals surface area contributed by atoms with Crippen molar-refractivity contribution in [2.45, 2.75) is 13.3 Å². The van der Waals surface area contributed by atoms with Crippen molar-refractivity contribution in [3.05, 3.63) is 55.4 Å². The average Bonchev–Trinajstić information content (AvgIpc) is 2.97. The summed E-state index contributed by atoms with van der Waals surface area (Å²) in [5.41, 5.74) is 2.01. The SMILES string of the molecule is Cc1cc(Br)c(Cl)cc1NC(=O)[C@H]1CC(=O)N(c2cccc(Cl)c2Cl)C1. The molecule has 136 valence electrons. The van der Waals surface area contributed by atoms with E-state index in [-0.39, 0.29) is 24.8 Å². The Kier molecular flexibility index (Phi) is 5.82. The van der Waals surface area contributed by atoms with Crippen LogP contribution in [0.5, 0.6) is 0 Å². The molecule has 4 nitrogen and oxygen atoms in total. The number of nitrogens with zero attached hydrogens (tertiary/aromatic N) is 1. The van der Waals surface area contributed by atoms with E-state index in [0.29, 0.717) is 26.4 Å². The lowest BCUT2D eigenvalue weighted by atomic mass is 10.1. The largest absolute Gasteiger partial charge is 0.325 e. The molecule has 0 aliphatic carbocycles. The van der Waals surface area contributed by atoms with Gasteiger partial charge in [0.1, 0.15) is 0 Å². The highest BCUT2D eigenvalue weighted by atomic mass is 79.9. The van der Waals surface area contributed by atoms with Crippen LogP contribution in [0.1, 0.15) is 12.0 Å². The van der Waals surface area contributed by atoms with E-state index in [1.54, 1.807) is 24.3 Å². The zero-order chi connectivity index (χ0) is 19.0. The Labute approximate surface area is 174 Å². The Balaban J connectivity index is 1.77. The number of halogens is 4. The van der Waals surface area contributed by atoms with Crippen LogP contribution in [-0.4, -0.2) is 18.4 Å². The molecular weight excluding hydrogens is 462 g/mol. The van der Waals surface area contributed by atoms with Crippen molar-refractivity contribution >= 4 is 73.9 Å². The molecule has 1 heterocycles. The predicted molar refractivity (Wildman–Crippen MR) is 109 cm³/mol. The number of nitrogens with one attached hydrogen (secondary N) is 1. The molecule has 0 saturated carbocycles. The normalized spacial score (nSPS) is 16.9. The molecule has 0 radical (unpaired) electrons. The van der Waals surface area contributed by atoms with E-state index in [1.165, 1.54) is 4.90 Å². The topological polar surface area (TPSA) is 49.4 Å². The summed E-state index contributed by atoms with van der Waals surface area (Å²) in [6, 6.07) is 8.59. The Morgan fingerprint density at radius 3 is 2.69 bits per heavy atom. The molecular formula is C18H14BrCl3N2O2. The summed E-state index contributed by atoms with van der Waals surface area (Å²) in [6.07, 6.45) is 0.109. The van der Waals surface area contributed by atoms with Gasteiger partial charge in [-0.05, 0) is 52.7 Å². The lowest BCUT2D eigenvalue weighted by molar-refractivity contribution is -0.122. The highest BCUT2D eigenvalue weighted by Crippen LogP contribution is 2.36. The van der Waals surface area contributed by atoms with Gasteiger partial charge < -0.3 is 10.2 Å². The molecule has 3 rings (SSSR count). The van der Waals surface area contributed by atoms with Crippen molar-refractivity contribution in [3.63, 3.8) is 0 Å². The van der Waals surface area contributed by atoms with Crippen LogP contribution in [0.25, 0.3) is 0 Å². The van der Waals surface area contributed by atoms with Gasteiger partial charge in [-0.15, -0.1) is 0 Å². The molecule has 1 fully saturated rings. The molecule has 0 bridgehead atoms. The molecule has 1 atom stereocenters. The summed E-state index contributed by atoms with van der Waals surface area (Å²) in [6.45, 7) is 2.11. The molecule has 8 heteroatoms. The number of hydrogen-bond donors (Lipinski definition) is 1. The highest BCUT2D eigenvalue weighted by molar-refractivity contribution is 9.10. The third-order valence-corrected chi connectivity index (χ3v) is 6.25. The van der Waals surface area contributed by atoms with Gasteiger partial charge in [0.2, 0.25) is 11.8 Å². The van der Waals surface area contributed by atoms with Crippen molar-refractivity contribution in [2.75, 3.05) is 16.8 Å². The van der Waals surface area contributed by atoms with Gasteiger partial charge in [-0.25, -0.2) is 0 Å². The molecule has 0 spiro atoms. The summed E-state index contributed by atoms with van der Waals surface area (Å²) in [5.74, 6) is -0.889. The quantitative estimate of drug-likeness (QED) is 0.617. The second kappa shape index (κ2) is 7.77. The lowest BCUT2D eigenvalue weighted by Gasteiger charge is -2.19. The third-order valence-electron chi connectivity index (χ3n) is 4.24. The van der Waals surface area contributed by atoms with Crippen molar-refractivity contribution < 1.29 is 9.59 Å². The Morgan fingerprint density at radius 2 is 1.96 bits per heavy atom. The summed E-state index contributed by atoms with van der Waals surface area (Å²) < 4.78 is 0.757. The predicted octanol–water partition coefficient (Wildman–Crippen LogP) is 5.71. The molecule has 0 aromatic heterocycles. The number of anilines is 2. The first-order valence-electron chi connectivity index (χ1n) is 7.79. The monoisotopic (exact) mass is 474 g/mol. The molecule has 1 aliphatic rings. The van der Waals surface area contributed by atoms with Crippen LogP contribution in [-0.2, 0) is 9.59 Å². The number of amides is 2. The Morgan fingerprint density at radius 1 is 1.23 bits per heavy atom. The van der Waals surface area contributed by atoms with Crippen molar-refractivity contribution in [1.82, 2.24) is 0 Å². The molecule has 0 unspecified atom stereocenters. The first-order valence-corrected chi connectivity index (χ1v) is 9.71. The number of aryl methyl sites for hydroxylation is 1. The summed E-state index contributed by atoms with van der Waals surface area (Å²) in [5, 5.41) is 4.03. The number of rotatable bonds is 3. The van der Waals surface area contributed by atoms with Gasteiger partial charge in [0.15, 0.2) is 0 Å². The Bertz CT molecular complexity index is 904. The van der Waals surface area contributed by atoms with Gasteiger partial charge in [-0.3, -0.25) is 9.59 Å². The van der Waals surface area contributed by atoms with E-state index in [4.69, 9.17) is 34.8 Å². The molecule has 2 aromatic rings. The maximum atomic E-state index is 12.6. The molecule has 1 aliphatic heterocycles. The van der Waals surface area contributed by atoms with E-state index in [1.807, 2.05) is 13.0 Å². The minimum atomic E-state index is -0.487. The first-order chi connectivity index (χ1) is 12.3. The average molecular weight is 477 g/mol. The second-order valence-electron chi connectivity index (χ2n) is 6.05. The number of hydrogen-bond acceptors (Lipinski definition) is 2. The first kappa shape index (κ1) is 19.5. The van der Waals surface area contributed by atoms with Crippen LogP contribution in [0.2, 0.25) is 15.1 Å². The molecule has 2 amide bonds. The maximum absolute atomic E-state index is 12.6. The Hall–Kier alpha value is -1.27.